The van der Waals surface area contributed by atoms with Crippen molar-refractivity contribution in [2.45, 2.75) is 19.4 Å². The largest absolute Gasteiger partial charge is 0.369 e. The van der Waals surface area contributed by atoms with E-state index in [2.05, 4.69) is 25.1 Å². The Morgan fingerprint density at radius 2 is 1.68 bits per heavy atom. The van der Waals surface area contributed by atoms with E-state index in [0.29, 0.717) is 6.54 Å². The van der Waals surface area contributed by atoms with E-state index < -0.39 is 0 Å². The number of hydrogen-bond donors (Lipinski definition) is 1. The summed E-state index contributed by atoms with van der Waals surface area (Å²) >= 11 is 1.99. The molecular weight excluding hydrogens is 370 g/mol. The van der Waals surface area contributed by atoms with Gasteiger partial charge in [0.25, 0.3) is 0 Å². The van der Waals surface area contributed by atoms with Crippen molar-refractivity contribution in [1.29, 1.82) is 0 Å². The molecule has 0 atom stereocenters. The van der Waals surface area contributed by atoms with Crippen molar-refractivity contribution in [3.8, 4) is 0 Å². The van der Waals surface area contributed by atoms with Gasteiger partial charge in [0, 0.05) is 50.1 Å². The van der Waals surface area contributed by atoms with Crippen molar-refractivity contribution >= 4 is 29.3 Å². The lowest BCUT2D eigenvalue weighted by molar-refractivity contribution is -0.125. The Bertz CT molecular complexity index is 756. The van der Waals surface area contributed by atoms with Crippen molar-refractivity contribution < 1.29 is 4.79 Å². The monoisotopic (exact) mass is 397 g/mol. The van der Waals surface area contributed by atoms with Crippen LogP contribution in [0.3, 0.4) is 0 Å². The molecule has 2 fully saturated rings. The summed E-state index contributed by atoms with van der Waals surface area (Å²) in [6, 6.07) is 10.1. The van der Waals surface area contributed by atoms with Gasteiger partial charge in [-0.3, -0.25) is 4.79 Å². The van der Waals surface area contributed by atoms with E-state index in [1.165, 1.54) is 0 Å². The Morgan fingerprint density at radius 1 is 1.00 bits per heavy atom. The molecule has 2 saturated heterocycles. The van der Waals surface area contributed by atoms with Crippen molar-refractivity contribution in [3.05, 3.63) is 48.3 Å². The number of piperidine rings is 1. The molecule has 0 spiro atoms. The Hall–Kier alpha value is -2.28. The molecule has 0 saturated carbocycles. The molecule has 1 aromatic heterocycles. The number of thioether (sulfide) groups is 1. The van der Waals surface area contributed by atoms with Gasteiger partial charge in [-0.1, -0.05) is 30.3 Å². The molecule has 0 unspecified atom stereocenters. The summed E-state index contributed by atoms with van der Waals surface area (Å²) in [6.45, 7) is 4.38. The fraction of sp³-hybridized carbons (Fsp3) is 0.476. The first-order chi connectivity index (χ1) is 13.8. The lowest BCUT2D eigenvalue weighted by Crippen LogP contribution is -2.40. The SMILES string of the molecule is O=C(NCc1ccccc1)C1CCN(c2cnc(N3CCSCC3)nc2)CC1. The van der Waals surface area contributed by atoms with Crippen LogP contribution in [0.2, 0.25) is 0 Å². The summed E-state index contributed by atoms with van der Waals surface area (Å²) < 4.78 is 0. The van der Waals surface area contributed by atoms with E-state index in [9.17, 15) is 4.79 Å². The van der Waals surface area contributed by atoms with E-state index in [0.717, 1.165) is 67.7 Å². The minimum atomic E-state index is 0.0889. The zero-order chi connectivity index (χ0) is 19.2. The van der Waals surface area contributed by atoms with Crippen LogP contribution in [0.5, 0.6) is 0 Å². The molecule has 7 heteroatoms. The Morgan fingerprint density at radius 3 is 2.36 bits per heavy atom. The lowest BCUT2D eigenvalue weighted by atomic mass is 9.95. The Balaban J connectivity index is 1.26. The summed E-state index contributed by atoms with van der Waals surface area (Å²) in [6.07, 6.45) is 5.59. The highest BCUT2D eigenvalue weighted by molar-refractivity contribution is 7.99. The predicted octanol–water partition coefficient (Wildman–Crippen LogP) is 2.56. The van der Waals surface area contributed by atoms with Gasteiger partial charge in [-0.05, 0) is 18.4 Å². The maximum absolute atomic E-state index is 12.5. The number of benzene rings is 1. The average molecular weight is 398 g/mol. The van der Waals surface area contributed by atoms with E-state index >= 15 is 0 Å². The molecule has 0 aliphatic carbocycles. The van der Waals surface area contributed by atoms with E-state index in [4.69, 9.17) is 0 Å². The van der Waals surface area contributed by atoms with Crippen LogP contribution in [-0.2, 0) is 11.3 Å². The number of carbonyl (C=O) groups is 1. The van der Waals surface area contributed by atoms with Gasteiger partial charge in [-0.15, -0.1) is 0 Å². The second kappa shape index (κ2) is 9.28. The maximum atomic E-state index is 12.5. The van der Waals surface area contributed by atoms with Gasteiger partial charge in [-0.2, -0.15) is 11.8 Å². The van der Waals surface area contributed by atoms with Crippen LogP contribution in [0.1, 0.15) is 18.4 Å². The first kappa shape index (κ1) is 19.1. The molecule has 28 heavy (non-hydrogen) atoms. The molecule has 0 bridgehead atoms. The smallest absolute Gasteiger partial charge is 0.225 e. The van der Waals surface area contributed by atoms with Crippen LogP contribution in [0.15, 0.2) is 42.7 Å². The first-order valence-corrected chi connectivity index (χ1v) is 11.2. The van der Waals surface area contributed by atoms with Gasteiger partial charge < -0.3 is 15.1 Å². The zero-order valence-electron chi connectivity index (χ0n) is 16.1. The predicted molar refractivity (Wildman–Crippen MR) is 115 cm³/mol. The third-order valence-electron chi connectivity index (χ3n) is 5.46. The van der Waals surface area contributed by atoms with Gasteiger partial charge in [-0.25, -0.2) is 9.97 Å². The molecule has 0 radical (unpaired) electrons. The van der Waals surface area contributed by atoms with Crippen molar-refractivity contribution in [2.24, 2.45) is 5.92 Å². The minimum absolute atomic E-state index is 0.0889. The molecule has 2 aromatic rings. The van der Waals surface area contributed by atoms with Gasteiger partial charge in [0.15, 0.2) is 0 Å². The van der Waals surface area contributed by atoms with E-state index in [1.807, 2.05) is 54.5 Å². The summed E-state index contributed by atoms with van der Waals surface area (Å²) in [7, 11) is 0. The highest BCUT2D eigenvalue weighted by Gasteiger charge is 2.25. The first-order valence-electron chi connectivity index (χ1n) is 10.0. The number of hydrogen-bond acceptors (Lipinski definition) is 6. The van der Waals surface area contributed by atoms with Crippen LogP contribution in [0.4, 0.5) is 11.6 Å². The average Bonchev–Trinajstić information content (AvgIpc) is 2.79. The molecule has 148 valence electrons. The highest BCUT2D eigenvalue weighted by Crippen LogP contribution is 2.24. The number of amides is 1. The fourth-order valence-corrected chi connectivity index (χ4v) is 4.64. The number of nitrogens with zero attached hydrogens (tertiary/aromatic N) is 4. The van der Waals surface area contributed by atoms with Crippen LogP contribution in [0.25, 0.3) is 0 Å². The molecule has 1 N–H and O–H groups in total. The van der Waals surface area contributed by atoms with Crippen LogP contribution >= 0.6 is 11.8 Å². The minimum Gasteiger partial charge on any atom is -0.369 e. The summed E-state index contributed by atoms with van der Waals surface area (Å²) in [5.74, 6) is 3.37. The van der Waals surface area contributed by atoms with Gasteiger partial charge in [0.1, 0.15) is 0 Å². The van der Waals surface area contributed by atoms with Gasteiger partial charge in [0.05, 0.1) is 18.1 Å². The van der Waals surface area contributed by atoms with Crippen LogP contribution in [-0.4, -0.2) is 53.6 Å². The Labute approximate surface area is 170 Å². The molecule has 6 nitrogen and oxygen atoms in total. The molecule has 1 amide bonds. The fourth-order valence-electron chi connectivity index (χ4n) is 3.73. The topological polar surface area (TPSA) is 61.4 Å². The molecule has 2 aliphatic rings. The number of anilines is 2. The van der Waals surface area contributed by atoms with Crippen molar-refractivity contribution in [2.75, 3.05) is 47.5 Å². The number of aromatic nitrogens is 2. The standard InChI is InChI=1S/C21H27N5OS/c27-20(22-14-17-4-2-1-3-5-17)18-6-8-25(9-7-18)19-15-23-21(24-16-19)26-10-12-28-13-11-26/h1-5,15-16,18H,6-14H2,(H,22,27). The van der Waals surface area contributed by atoms with Crippen LogP contribution in [0, 0.1) is 5.92 Å². The summed E-state index contributed by atoms with van der Waals surface area (Å²) in [5, 5.41) is 3.08. The normalized spacial score (nSPS) is 18.1. The summed E-state index contributed by atoms with van der Waals surface area (Å²) in [4.78, 5) is 26.2. The molecule has 2 aliphatic heterocycles. The third kappa shape index (κ3) is 4.76. The number of nitrogens with one attached hydrogen (secondary N) is 1. The van der Waals surface area contributed by atoms with Crippen molar-refractivity contribution in [1.82, 2.24) is 15.3 Å². The molecular formula is C21H27N5OS. The van der Waals surface area contributed by atoms with Gasteiger partial charge >= 0.3 is 0 Å². The van der Waals surface area contributed by atoms with Gasteiger partial charge in [0.2, 0.25) is 11.9 Å². The highest BCUT2D eigenvalue weighted by atomic mass is 32.2. The second-order valence-corrected chi connectivity index (χ2v) is 8.53. The third-order valence-corrected chi connectivity index (χ3v) is 6.40. The van der Waals surface area contributed by atoms with E-state index in [1.54, 1.807) is 0 Å². The quantitative estimate of drug-likeness (QED) is 0.837. The maximum Gasteiger partial charge on any atom is 0.225 e. The second-order valence-electron chi connectivity index (χ2n) is 7.31. The van der Waals surface area contributed by atoms with Crippen LogP contribution < -0.4 is 15.1 Å². The molecule has 4 rings (SSSR count). The zero-order valence-corrected chi connectivity index (χ0v) is 16.9. The lowest BCUT2D eigenvalue weighted by Gasteiger charge is -2.33. The molecule has 1 aromatic carbocycles. The number of carbonyl (C=O) groups excluding carboxylic acids is 1. The summed E-state index contributed by atoms with van der Waals surface area (Å²) in [5.41, 5.74) is 2.19. The van der Waals surface area contributed by atoms with Crippen molar-refractivity contribution in [3.63, 3.8) is 0 Å². The molecule has 3 heterocycles. The Kier molecular flexibility index (Phi) is 6.31. The van der Waals surface area contributed by atoms with E-state index in [-0.39, 0.29) is 11.8 Å². The number of rotatable bonds is 5.